The van der Waals surface area contributed by atoms with Crippen LogP contribution in [0.5, 0.6) is 11.5 Å². The fraction of sp³-hybridized carbons (Fsp3) is 0.111. The summed E-state index contributed by atoms with van der Waals surface area (Å²) in [6.07, 6.45) is 4.79. The van der Waals surface area contributed by atoms with Crippen molar-refractivity contribution in [3.63, 3.8) is 0 Å². The average molecular weight is 292 g/mol. The van der Waals surface area contributed by atoms with Crippen molar-refractivity contribution in [1.29, 1.82) is 0 Å². The highest BCUT2D eigenvalue weighted by Gasteiger charge is 2.12. The van der Waals surface area contributed by atoms with Crippen LogP contribution in [-0.2, 0) is 6.42 Å². The highest BCUT2D eigenvalue weighted by Crippen LogP contribution is 2.32. The molecule has 0 fully saturated rings. The van der Waals surface area contributed by atoms with Crippen LogP contribution in [0.2, 0.25) is 0 Å². The zero-order chi connectivity index (χ0) is 15.1. The first-order chi connectivity index (χ1) is 10.8. The van der Waals surface area contributed by atoms with Gasteiger partial charge in [0.1, 0.15) is 11.5 Å². The number of fused-ring (bicyclic) bond motifs is 2. The normalized spacial score (nSPS) is 11.3. The van der Waals surface area contributed by atoms with Gasteiger partial charge < -0.3 is 19.8 Å². The van der Waals surface area contributed by atoms with E-state index in [-0.39, 0.29) is 5.75 Å². The maximum Gasteiger partial charge on any atom is 0.128 e. The Labute approximate surface area is 127 Å². The van der Waals surface area contributed by atoms with E-state index in [2.05, 4.69) is 9.97 Å². The Morgan fingerprint density at radius 3 is 2.68 bits per heavy atom. The third-order valence-corrected chi connectivity index (χ3v) is 4.10. The summed E-state index contributed by atoms with van der Waals surface area (Å²) in [5.74, 6) is 1.15. The van der Waals surface area contributed by atoms with Gasteiger partial charge in [0.15, 0.2) is 0 Å². The summed E-state index contributed by atoms with van der Waals surface area (Å²) in [5, 5.41) is 11.9. The number of phenols is 1. The molecule has 0 atom stereocenters. The molecule has 2 aromatic heterocycles. The summed E-state index contributed by atoms with van der Waals surface area (Å²) in [5.41, 5.74) is 4.42. The predicted molar refractivity (Wildman–Crippen MR) is 87.6 cm³/mol. The van der Waals surface area contributed by atoms with Crippen molar-refractivity contribution in [2.75, 3.05) is 7.11 Å². The van der Waals surface area contributed by atoms with Crippen LogP contribution in [-0.4, -0.2) is 22.2 Å². The number of phenolic OH excluding ortho intramolecular Hbond substituents is 1. The van der Waals surface area contributed by atoms with Crippen LogP contribution >= 0.6 is 0 Å². The van der Waals surface area contributed by atoms with Gasteiger partial charge in [-0.05, 0) is 41.5 Å². The number of hydrogen-bond acceptors (Lipinski definition) is 2. The molecule has 4 rings (SSSR count). The predicted octanol–water partition coefficient (Wildman–Crippen LogP) is 3.95. The van der Waals surface area contributed by atoms with Crippen LogP contribution in [0.4, 0.5) is 0 Å². The molecule has 22 heavy (non-hydrogen) atoms. The Hall–Kier alpha value is -2.88. The molecular weight excluding hydrogens is 276 g/mol. The van der Waals surface area contributed by atoms with E-state index in [0.29, 0.717) is 0 Å². The molecule has 0 spiro atoms. The summed E-state index contributed by atoms with van der Waals surface area (Å²) < 4.78 is 5.48. The van der Waals surface area contributed by atoms with Gasteiger partial charge >= 0.3 is 0 Å². The van der Waals surface area contributed by atoms with E-state index in [0.717, 1.165) is 39.5 Å². The third-order valence-electron chi connectivity index (χ3n) is 4.10. The molecule has 2 heterocycles. The standard InChI is InChI=1S/C18H16N2O2/c1-22-17-4-2-3-16-18(17)12(10-20-16)7-11-9-19-15-6-5-13(21)8-14(11)15/h2-6,8-10,19-21H,7H2,1H3. The van der Waals surface area contributed by atoms with E-state index >= 15 is 0 Å². The second kappa shape index (κ2) is 4.84. The summed E-state index contributed by atoms with van der Waals surface area (Å²) in [7, 11) is 1.69. The second-order valence-corrected chi connectivity index (χ2v) is 5.42. The van der Waals surface area contributed by atoms with E-state index in [1.807, 2.05) is 36.7 Å². The summed E-state index contributed by atoms with van der Waals surface area (Å²) in [6.45, 7) is 0. The fourth-order valence-electron chi connectivity index (χ4n) is 3.05. The summed E-state index contributed by atoms with van der Waals surface area (Å²) in [6, 6.07) is 11.4. The first kappa shape index (κ1) is 12.8. The molecule has 0 amide bonds. The van der Waals surface area contributed by atoms with E-state index in [9.17, 15) is 5.11 Å². The average Bonchev–Trinajstić information content (AvgIpc) is 3.12. The van der Waals surface area contributed by atoms with Gasteiger partial charge in [0.25, 0.3) is 0 Å². The van der Waals surface area contributed by atoms with Crippen LogP contribution in [0.3, 0.4) is 0 Å². The Morgan fingerprint density at radius 1 is 1.00 bits per heavy atom. The smallest absolute Gasteiger partial charge is 0.128 e. The van der Waals surface area contributed by atoms with Crippen LogP contribution in [0, 0.1) is 0 Å². The van der Waals surface area contributed by atoms with Gasteiger partial charge in [0.2, 0.25) is 0 Å². The molecular formula is C18H16N2O2. The number of aromatic hydroxyl groups is 1. The van der Waals surface area contributed by atoms with Crippen molar-refractivity contribution in [1.82, 2.24) is 9.97 Å². The summed E-state index contributed by atoms with van der Waals surface area (Å²) >= 11 is 0. The second-order valence-electron chi connectivity index (χ2n) is 5.42. The molecule has 0 unspecified atom stereocenters. The van der Waals surface area contributed by atoms with Crippen molar-refractivity contribution in [2.45, 2.75) is 6.42 Å². The molecule has 0 aliphatic heterocycles. The lowest BCUT2D eigenvalue weighted by Gasteiger charge is -2.05. The zero-order valence-corrected chi connectivity index (χ0v) is 12.2. The molecule has 0 bridgehead atoms. The fourth-order valence-corrected chi connectivity index (χ4v) is 3.05. The van der Waals surface area contributed by atoms with E-state index < -0.39 is 0 Å². The largest absolute Gasteiger partial charge is 0.508 e. The quantitative estimate of drug-likeness (QED) is 0.535. The Morgan fingerprint density at radius 2 is 1.82 bits per heavy atom. The number of aromatic nitrogens is 2. The van der Waals surface area contributed by atoms with Gasteiger partial charge in [-0.3, -0.25) is 0 Å². The van der Waals surface area contributed by atoms with Crippen LogP contribution < -0.4 is 4.74 Å². The molecule has 0 saturated heterocycles. The Kier molecular flexibility index (Phi) is 2.82. The van der Waals surface area contributed by atoms with Gasteiger partial charge in [-0.1, -0.05) is 6.07 Å². The number of hydrogen-bond donors (Lipinski definition) is 3. The highest BCUT2D eigenvalue weighted by molar-refractivity contribution is 5.91. The molecule has 2 aromatic carbocycles. The summed E-state index contributed by atoms with van der Waals surface area (Å²) in [4.78, 5) is 6.55. The van der Waals surface area contributed by atoms with E-state index in [1.165, 1.54) is 5.56 Å². The van der Waals surface area contributed by atoms with Crippen molar-refractivity contribution < 1.29 is 9.84 Å². The first-order valence-corrected chi connectivity index (χ1v) is 7.18. The SMILES string of the molecule is COc1cccc2[nH]cc(Cc3c[nH]c4ccc(O)cc34)c12. The van der Waals surface area contributed by atoms with Crippen LogP contribution in [0.15, 0.2) is 48.8 Å². The highest BCUT2D eigenvalue weighted by atomic mass is 16.5. The monoisotopic (exact) mass is 292 g/mol. The zero-order valence-electron chi connectivity index (χ0n) is 12.2. The van der Waals surface area contributed by atoms with Gasteiger partial charge in [-0.2, -0.15) is 0 Å². The van der Waals surface area contributed by atoms with Gasteiger partial charge in [0.05, 0.1) is 7.11 Å². The third kappa shape index (κ3) is 1.92. The minimum atomic E-state index is 0.282. The van der Waals surface area contributed by atoms with E-state index in [1.54, 1.807) is 19.2 Å². The number of H-pyrrole nitrogens is 2. The molecule has 3 N–H and O–H groups in total. The van der Waals surface area contributed by atoms with Crippen molar-refractivity contribution in [3.05, 3.63) is 59.9 Å². The molecule has 0 radical (unpaired) electrons. The van der Waals surface area contributed by atoms with Gasteiger partial charge in [-0.15, -0.1) is 0 Å². The number of nitrogens with one attached hydrogen (secondary N) is 2. The van der Waals surface area contributed by atoms with Crippen LogP contribution in [0.1, 0.15) is 11.1 Å². The van der Waals surface area contributed by atoms with Gasteiger partial charge in [-0.25, -0.2) is 0 Å². The van der Waals surface area contributed by atoms with E-state index in [4.69, 9.17) is 4.74 Å². The minimum absolute atomic E-state index is 0.282. The van der Waals surface area contributed by atoms with Crippen LogP contribution in [0.25, 0.3) is 21.8 Å². The maximum absolute atomic E-state index is 9.71. The topological polar surface area (TPSA) is 61.0 Å². The minimum Gasteiger partial charge on any atom is -0.508 e. The maximum atomic E-state index is 9.71. The lowest BCUT2D eigenvalue weighted by atomic mass is 10.0. The first-order valence-electron chi connectivity index (χ1n) is 7.18. The van der Waals surface area contributed by atoms with Crippen molar-refractivity contribution >= 4 is 21.8 Å². The lowest BCUT2D eigenvalue weighted by Crippen LogP contribution is -1.88. The Bertz CT molecular complexity index is 966. The lowest BCUT2D eigenvalue weighted by molar-refractivity contribution is 0.419. The Balaban J connectivity index is 1.84. The number of methoxy groups -OCH3 is 1. The number of rotatable bonds is 3. The molecule has 0 saturated carbocycles. The van der Waals surface area contributed by atoms with Crippen molar-refractivity contribution in [2.24, 2.45) is 0 Å². The number of aromatic amines is 2. The molecule has 0 aliphatic rings. The molecule has 110 valence electrons. The molecule has 4 heteroatoms. The number of benzene rings is 2. The molecule has 4 aromatic rings. The molecule has 0 aliphatic carbocycles. The van der Waals surface area contributed by atoms with Gasteiger partial charge in [0, 0.05) is 40.6 Å². The number of ether oxygens (including phenoxy) is 1. The molecule has 4 nitrogen and oxygen atoms in total. The van der Waals surface area contributed by atoms with Crippen molar-refractivity contribution in [3.8, 4) is 11.5 Å².